The molecule has 5 nitrogen and oxygen atoms in total. The first-order valence-electron chi connectivity index (χ1n) is 8.79. The van der Waals surface area contributed by atoms with Crippen molar-refractivity contribution in [2.24, 2.45) is 5.73 Å². The van der Waals surface area contributed by atoms with Crippen molar-refractivity contribution in [3.63, 3.8) is 0 Å². The van der Waals surface area contributed by atoms with E-state index in [0.717, 1.165) is 52.9 Å². The van der Waals surface area contributed by atoms with Gasteiger partial charge in [-0.25, -0.2) is 15.0 Å². The van der Waals surface area contributed by atoms with E-state index in [4.69, 9.17) is 38.9 Å². The maximum atomic E-state index is 6.28. The van der Waals surface area contributed by atoms with Crippen molar-refractivity contribution >= 4 is 51.9 Å². The third kappa shape index (κ3) is 3.99. The van der Waals surface area contributed by atoms with E-state index in [1.807, 2.05) is 31.2 Å². The van der Waals surface area contributed by atoms with Crippen LogP contribution in [0.2, 0.25) is 10.0 Å². The molecule has 0 bridgehead atoms. The molecule has 4 rings (SSSR count). The van der Waals surface area contributed by atoms with E-state index >= 15 is 0 Å². The van der Waals surface area contributed by atoms with Gasteiger partial charge in [0.05, 0.1) is 15.7 Å². The highest BCUT2D eigenvalue weighted by Crippen LogP contribution is 2.36. The average molecular weight is 420 g/mol. The molecular weight excluding hydrogens is 401 g/mol. The lowest BCUT2D eigenvalue weighted by molar-refractivity contribution is 0.498. The molecule has 3 aromatic rings. The number of halogens is 2. The van der Waals surface area contributed by atoms with Gasteiger partial charge in [-0.1, -0.05) is 41.0 Å². The first-order valence-corrected chi connectivity index (χ1v) is 10.4. The molecule has 0 unspecified atom stereocenters. The lowest BCUT2D eigenvalue weighted by Gasteiger charge is -2.31. The number of rotatable bonds is 3. The van der Waals surface area contributed by atoms with Crippen molar-refractivity contribution in [2.75, 3.05) is 18.0 Å². The Bertz CT molecular complexity index is 989. The summed E-state index contributed by atoms with van der Waals surface area (Å²) in [6.07, 6.45) is 1.96. The van der Waals surface area contributed by atoms with Gasteiger partial charge in [0, 0.05) is 24.0 Å². The maximum absolute atomic E-state index is 6.28. The van der Waals surface area contributed by atoms with Crippen LogP contribution >= 0.6 is 35.0 Å². The minimum atomic E-state index is 0.287. The van der Waals surface area contributed by atoms with Gasteiger partial charge in [0.25, 0.3) is 0 Å². The number of aryl methyl sites for hydroxylation is 1. The fourth-order valence-electron chi connectivity index (χ4n) is 3.14. The predicted octanol–water partition coefficient (Wildman–Crippen LogP) is 4.72. The molecule has 3 heterocycles. The van der Waals surface area contributed by atoms with Crippen LogP contribution in [0.4, 0.5) is 5.82 Å². The number of pyridine rings is 1. The number of aromatic nitrogens is 3. The molecule has 140 valence electrons. The summed E-state index contributed by atoms with van der Waals surface area (Å²) in [5, 5.41) is 1.87. The number of fused-ring (bicyclic) bond motifs is 1. The van der Waals surface area contributed by atoms with Crippen molar-refractivity contribution in [2.45, 2.75) is 35.7 Å². The molecule has 2 N–H and O–H groups in total. The molecule has 1 aromatic carbocycles. The molecule has 2 aromatic heterocycles. The summed E-state index contributed by atoms with van der Waals surface area (Å²) in [6.45, 7) is 3.80. The van der Waals surface area contributed by atoms with Crippen LogP contribution in [0, 0.1) is 6.92 Å². The van der Waals surface area contributed by atoms with Gasteiger partial charge in [0.1, 0.15) is 10.5 Å². The van der Waals surface area contributed by atoms with Crippen molar-refractivity contribution in [3.05, 3.63) is 46.1 Å². The topological polar surface area (TPSA) is 67.9 Å². The zero-order valence-corrected chi connectivity index (χ0v) is 17.2. The van der Waals surface area contributed by atoms with E-state index in [9.17, 15) is 0 Å². The second-order valence-electron chi connectivity index (χ2n) is 6.60. The molecule has 0 saturated carbocycles. The van der Waals surface area contributed by atoms with Crippen LogP contribution in [-0.2, 0) is 0 Å². The Kier molecular flexibility index (Phi) is 5.41. The largest absolute Gasteiger partial charge is 0.355 e. The van der Waals surface area contributed by atoms with Crippen LogP contribution in [-0.4, -0.2) is 34.1 Å². The highest BCUT2D eigenvalue weighted by Gasteiger charge is 2.20. The highest BCUT2D eigenvalue weighted by molar-refractivity contribution is 7.99. The summed E-state index contributed by atoms with van der Waals surface area (Å²) in [7, 11) is 0. The fourth-order valence-corrected chi connectivity index (χ4v) is 4.45. The fraction of sp³-hybridized carbons (Fsp3) is 0.316. The van der Waals surface area contributed by atoms with Crippen molar-refractivity contribution in [1.82, 2.24) is 15.0 Å². The third-order valence-corrected chi connectivity index (χ3v) is 6.55. The Morgan fingerprint density at radius 2 is 1.85 bits per heavy atom. The Morgan fingerprint density at radius 1 is 1.07 bits per heavy atom. The Labute approximate surface area is 172 Å². The molecule has 0 aliphatic carbocycles. The predicted molar refractivity (Wildman–Crippen MR) is 112 cm³/mol. The van der Waals surface area contributed by atoms with Crippen LogP contribution in [0.3, 0.4) is 0 Å². The van der Waals surface area contributed by atoms with Gasteiger partial charge in [-0.05, 0) is 44.0 Å². The van der Waals surface area contributed by atoms with Gasteiger partial charge < -0.3 is 10.6 Å². The Hall–Kier alpha value is -1.60. The third-order valence-electron chi connectivity index (χ3n) is 4.62. The van der Waals surface area contributed by atoms with E-state index in [1.165, 1.54) is 11.8 Å². The summed E-state index contributed by atoms with van der Waals surface area (Å²) in [5.74, 6) is 0.925. The van der Waals surface area contributed by atoms with Crippen LogP contribution in [0.5, 0.6) is 0 Å². The van der Waals surface area contributed by atoms with Gasteiger partial charge >= 0.3 is 0 Å². The minimum Gasteiger partial charge on any atom is -0.355 e. The normalized spacial score (nSPS) is 15.5. The SMILES string of the molecule is Cc1nc2nc(Sc3cccc(Cl)c3Cl)ccc2nc1N1CCC(N)CC1. The van der Waals surface area contributed by atoms with Crippen LogP contribution < -0.4 is 10.6 Å². The van der Waals surface area contributed by atoms with Crippen molar-refractivity contribution < 1.29 is 0 Å². The number of anilines is 1. The van der Waals surface area contributed by atoms with Crippen LogP contribution in [0.15, 0.2) is 40.3 Å². The molecule has 0 atom stereocenters. The molecule has 0 spiro atoms. The van der Waals surface area contributed by atoms with Gasteiger partial charge in [-0.2, -0.15) is 0 Å². The lowest BCUT2D eigenvalue weighted by Crippen LogP contribution is -2.40. The lowest BCUT2D eigenvalue weighted by atomic mass is 10.1. The number of hydrogen-bond donors (Lipinski definition) is 1. The number of hydrogen-bond acceptors (Lipinski definition) is 6. The van der Waals surface area contributed by atoms with E-state index in [2.05, 4.69) is 9.88 Å². The molecule has 0 amide bonds. The Morgan fingerprint density at radius 3 is 2.63 bits per heavy atom. The van der Waals surface area contributed by atoms with Crippen LogP contribution in [0.1, 0.15) is 18.5 Å². The van der Waals surface area contributed by atoms with E-state index < -0.39 is 0 Å². The molecule has 1 aliphatic heterocycles. The number of nitrogens with zero attached hydrogens (tertiary/aromatic N) is 4. The summed E-state index contributed by atoms with van der Waals surface area (Å²) in [6, 6.07) is 9.74. The molecule has 1 aliphatic rings. The van der Waals surface area contributed by atoms with Crippen molar-refractivity contribution in [3.8, 4) is 0 Å². The molecule has 8 heteroatoms. The van der Waals surface area contributed by atoms with Crippen molar-refractivity contribution in [1.29, 1.82) is 0 Å². The number of benzene rings is 1. The number of piperidine rings is 1. The van der Waals surface area contributed by atoms with Gasteiger partial charge in [0.15, 0.2) is 11.5 Å². The van der Waals surface area contributed by atoms with E-state index in [1.54, 1.807) is 6.07 Å². The zero-order chi connectivity index (χ0) is 19.0. The maximum Gasteiger partial charge on any atom is 0.179 e. The summed E-state index contributed by atoms with van der Waals surface area (Å²) >= 11 is 13.8. The van der Waals surface area contributed by atoms with Crippen LogP contribution in [0.25, 0.3) is 11.2 Å². The monoisotopic (exact) mass is 419 g/mol. The molecule has 1 fully saturated rings. The number of nitrogens with two attached hydrogens (primary N) is 1. The molecule has 27 heavy (non-hydrogen) atoms. The second kappa shape index (κ2) is 7.80. The molecule has 1 saturated heterocycles. The highest BCUT2D eigenvalue weighted by atomic mass is 35.5. The average Bonchev–Trinajstić information content (AvgIpc) is 2.66. The van der Waals surface area contributed by atoms with E-state index in [0.29, 0.717) is 15.7 Å². The Balaban J connectivity index is 1.63. The molecule has 0 radical (unpaired) electrons. The van der Waals surface area contributed by atoms with Gasteiger partial charge in [0.2, 0.25) is 0 Å². The summed E-state index contributed by atoms with van der Waals surface area (Å²) < 4.78 is 0. The first-order chi connectivity index (χ1) is 13.0. The zero-order valence-electron chi connectivity index (χ0n) is 14.8. The summed E-state index contributed by atoms with van der Waals surface area (Å²) in [5.41, 5.74) is 8.31. The van der Waals surface area contributed by atoms with Gasteiger partial charge in [-0.15, -0.1) is 0 Å². The first kappa shape index (κ1) is 18.7. The summed E-state index contributed by atoms with van der Waals surface area (Å²) in [4.78, 5) is 17.3. The quantitative estimate of drug-likeness (QED) is 0.662. The minimum absolute atomic E-state index is 0.287. The van der Waals surface area contributed by atoms with Gasteiger partial charge in [-0.3, -0.25) is 0 Å². The second-order valence-corrected chi connectivity index (χ2v) is 8.45. The smallest absolute Gasteiger partial charge is 0.179 e. The van der Waals surface area contributed by atoms with E-state index in [-0.39, 0.29) is 6.04 Å². The molecular formula is C19H19Cl2N5S. The standard InChI is InChI=1S/C19H19Cl2N5S/c1-11-19(26-9-7-12(22)8-10-26)24-14-5-6-16(25-18(14)23-11)27-15-4-2-3-13(20)17(15)21/h2-6,12H,7-10,22H2,1H3.